The molecule has 1 saturated heterocycles. The summed E-state index contributed by atoms with van der Waals surface area (Å²) in [5, 5.41) is 25.6. The number of nitrogens with two attached hydrogens (primary N) is 1. The van der Waals surface area contributed by atoms with Gasteiger partial charge in [-0.3, -0.25) is 34.2 Å². The number of likely N-dealkylation sites (N-methyl/N-ethyl adjacent to an activating group) is 2. The first kappa shape index (κ1) is 53.4. The van der Waals surface area contributed by atoms with Gasteiger partial charge in [-0.05, 0) is 50.8 Å². The number of aliphatic carboxylic acids is 2. The van der Waals surface area contributed by atoms with Crippen LogP contribution in [0.2, 0.25) is 0 Å². The van der Waals surface area contributed by atoms with E-state index in [1.807, 2.05) is 53.6 Å². The predicted molar refractivity (Wildman–Crippen MR) is 232 cm³/mol. The number of hydrogen-bond acceptors (Lipinski definition) is 10. The van der Waals surface area contributed by atoms with E-state index in [0.29, 0.717) is 36.9 Å². The topological polar surface area (TPSA) is 229 Å². The summed E-state index contributed by atoms with van der Waals surface area (Å²) < 4.78 is 11.9. The third-order valence-corrected chi connectivity index (χ3v) is 11.8. The molecule has 1 aliphatic heterocycles. The zero-order valence-corrected chi connectivity index (χ0v) is 38.6. The van der Waals surface area contributed by atoms with Gasteiger partial charge in [0.05, 0.1) is 49.1 Å². The highest BCUT2D eigenvalue weighted by Gasteiger charge is 2.43. The molecule has 2 rings (SSSR count). The van der Waals surface area contributed by atoms with E-state index in [1.54, 1.807) is 49.2 Å². The molecule has 0 radical (unpaired) electrons. The smallest absolute Gasteiger partial charge is 0.362 e. The lowest BCUT2D eigenvalue weighted by Crippen LogP contribution is -2.97. The summed E-state index contributed by atoms with van der Waals surface area (Å²) in [5.74, 6) is -5.82. The Balaban J connectivity index is 2.35. The number of methoxy groups -OCH3 is 2. The van der Waals surface area contributed by atoms with Crippen molar-refractivity contribution in [2.45, 2.75) is 135 Å². The van der Waals surface area contributed by atoms with E-state index >= 15 is 0 Å². The summed E-state index contributed by atoms with van der Waals surface area (Å²) in [6.07, 6.45) is -0.823. The van der Waals surface area contributed by atoms with E-state index in [2.05, 4.69) is 17.2 Å². The monoisotopic (exact) mass is 874 g/mol. The lowest BCUT2D eigenvalue weighted by molar-refractivity contribution is -0.596. The first-order valence-corrected chi connectivity index (χ1v) is 21.5. The number of quaternary nitrogens is 1. The molecule has 1 aliphatic rings. The molecule has 6 N–H and O–H groups in total. The van der Waals surface area contributed by atoms with Crippen molar-refractivity contribution in [3.05, 3.63) is 48.0 Å². The van der Waals surface area contributed by atoms with Gasteiger partial charge in [0.2, 0.25) is 23.6 Å². The third kappa shape index (κ3) is 15.0. The van der Waals surface area contributed by atoms with Crippen LogP contribution in [0.3, 0.4) is 0 Å². The van der Waals surface area contributed by atoms with Crippen molar-refractivity contribution in [3.63, 3.8) is 0 Å². The minimum absolute atomic E-state index is 0.00676. The molecule has 1 fully saturated rings. The average molecular weight is 874 g/mol. The molecule has 62 heavy (non-hydrogen) atoms. The Morgan fingerprint density at radius 2 is 1.53 bits per heavy atom. The van der Waals surface area contributed by atoms with E-state index in [9.17, 15) is 38.7 Å². The van der Waals surface area contributed by atoms with Crippen molar-refractivity contribution in [1.82, 2.24) is 25.3 Å². The van der Waals surface area contributed by atoms with E-state index < -0.39 is 84.6 Å². The number of carbonyl (C=O) groups is 7. The molecule has 9 unspecified atom stereocenters. The van der Waals surface area contributed by atoms with Crippen LogP contribution >= 0.6 is 0 Å². The standard InChI is InChI=1S/C45H72N6O11/c1-13-28(6)39(50(10)44(58)37(26(2)3)48-43(57)38(27(4)5)49(8)9)34(61-11)25-35(52)51-23-17-20-33(51)40(62-12)29(7)41(55)47-32(24-30-18-15-14-16-19-30)42(56)46-31(45(59)60)21-22-36(53)54/h14-16,18-19,26-27,29,31-34,37-40H,6,13,17,20-25H2,1-5,7-12H3,(H,46,56)(H,47,55)(H,48,57)(H,53,54)(H,59,60)/p+1. The molecule has 1 heterocycles. The molecule has 1 aromatic rings. The van der Waals surface area contributed by atoms with Crippen molar-refractivity contribution in [2.24, 2.45) is 17.8 Å². The summed E-state index contributed by atoms with van der Waals surface area (Å²) in [5.41, 5.74) is 1.37. The highest BCUT2D eigenvalue weighted by atomic mass is 16.5. The molecule has 0 bridgehead atoms. The number of ether oxygens (including phenoxy) is 2. The zero-order valence-electron chi connectivity index (χ0n) is 38.6. The van der Waals surface area contributed by atoms with Crippen LogP contribution in [0, 0.1) is 17.8 Å². The summed E-state index contributed by atoms with van der Waals surface area (Å²) >= 11 is 0. The number of amides is 5. The van der Waals surface area contributed by atoms with Gasteiger partial charge in [0.25, 0.3) is 0 Å². The summed E-state index contributed by atoms with van der Waals surface area (Å²) in [4.78, 5) is 97.8. The van der Waals surface area contributed by atoms with E-state index in [-0.39, 0.29) is 48.8 Å². The second-order valence-corrected chi connectivity index (χ2v) is 17.2. The molecule has 0 saturated carbocycles. The molecule has 17 nitrogen and oxygen atoms in total. The fourth-order valence-corrected chi connectivity index (χ4v) is 8.39. The summed E-state index contributed by atoms with van der Waals surface area (Å²) in [6, 6.07) is 3.76. The Bertz CT molecular complexity index is 1680. The van der Waals surface area contributed by atoms with Gasteiger partial charge in [-0.25, -0.2) is 9.59 Å². The van der Waals surface area contributed by atoms with Crippen molar-refractivity contribution in [1.29, 1.82) is 0 Å². The van der Waals surface area contributed by atoms with Crippen LogP contribution in [0.5, 0.6) is 0 Å². The number of carboxylic acid groups (broad SMARTS) is 2. The van der Waals surface area contributed by atoms with Crippen LogP contribution in [0.25, 0.3) is 0 Å². The highest BCUT2D eigenvalue weighted by molar-refractivity contribution is 5.90. The number of hydrogen-bond donors (Lipinski definition) is 5. The summed E-state index contributed by atoms with van der Waals surface area (Å²) in [7, 11) is 8.18. The number of likely N-dealkylation sites (tertiary alicyclic amines) is 1. The molecule has 0 aliphatic carbocycles. The zero-order chi connectivity index (χ0) is 47.0. The van der Waals surface area contributed by atoms with Crippen LogP contribution in [0.15, 0.2) is 42.5 Å². The van der Waals surface area contributed by atoms with Crippen LogP contribution < -0.4 is 16.0 Å². The number of nitrogens with one attached hydrogen (secondary N) is 2. The second-order valence-electron chi connectivity index (χ2n) is 17.2. The number of carbonyl (C=O) groups excluding carboxylic acids is 5. The predicted octanol–water partition coefficient (Wildman–Crippen LogP) is 1.69. The molecule has 9 atom stereocenters. The first-order valence-electron chi connectivity index (χ1n) is 21.5. The van der Waals surface area contributed by atoms with Crippen LogP contribution in [-0.4, -0.2) is 157 Å². The molecule has 1 aromatic carbocycles. The minimum atomic E-state index is -1.37. The molecule has 17 heteroatoms. The van der Waals surface area contributed by atoms with E-state index in [0.717, 1.165) is 5.32 Å². The number of benzene rings is 1. The van der Waals surface area contributed by atoms with Crippen molar-refractivity contribution in [3.8, 4) is 0 Å². The Morgan fingerprint density at radius 1 is 0.903 bits per heavy atom. The van der Waals surface area contributed by atoms with Crippen LogP contribution in [0.4, 0.5) is 0 Å². The first-order chi connectivity index (χ1) is 29.1. The maximum atomic E-state index is 14.3. The molecule has 0 aromatic heterocycles. The quantitative estimate of drug-likeness (QED) is 0.0839. The molecule has 0 spiro atoms. The van der Waals surface area contributed by atoms with E-state index in [4.69, 9.17) is 14.6 Å². The lowest BCUT2D eigenvalue weighted by atomic mass is 9.92. The number of rotatable bonds is 26. The minimum Gasteiger partial charge on any atom is -0.481 e. The molecule has 5 amide bonds. The maximum absolute atomic E-state index is 14.3. The molecular weight excluding hydrogens is 801 g/mol. The number of nitrogens with zero attached hydrogens (tertiary/aromatic N) is 3. The van der Waals surface area contributed by atoms with Crippen LogP contribution in [-0.2, 0) is 49.5 Å². The Labute approximate surface area is 367 Å². The Hall–Kier alpha value is -4.71. The van der Waals surface area contributed by atoms with E-state index in [1.165, 1.54) is 19.1 Å². The third-order valence-electron chi connectivity index (χ3n) is 11.8. The lowest BCUT2D eigenvalue weighted by Gasteiger charge is -2.39. The number of primary amides is 1. The highest BCUT2D eigenvalue weighted by Crippen LogP contribution is 2.29. The Morgan fingerprint density at radius 3 is 2.03 bits per heavy atom. The maximum Gasteiger partial charge on any atom is 0.362 e. The van der Waals surface area contributed by atoms with Crippen LogP contribution in [0.1, 0.15) is 85.6 Å². The fraction of sp³-hybridized carbons (Fsp3) is 0.667. The molecule has 348 valence electrons. The van der Waals surface area contributed by atoms with Gasteiger partial charge in [-0.15, -0.1) is 0 Å². The van der Waals surface area contributed by atoms with Gasteiger partial charge < -0.3 is 40.1 Å². The normalized spacial score (nSPS) is 18.0. The summed E-state index contributed by atoms with van der Waals surface area (Å²) in [6.45, 7) is 15.8. The second kappa shape index (κ2) is 25.4. The largest absolute Gasteiger partial charge is 0.481 e. The molecular formula is C45H73N6O11+. The fourth-order valence-electron chi connectivity index (χ4n) is 8.39. The van der Waals surface area contributed by atoms with Gasteiger partial charge in [0, 0.05) is 40.7 Å². The van der Waals surface area contributed by atoms with Crippen molar-refractivity contribution < 1.29 is 58.6 Å². The average Bonchev–Trinajstić information content (AvgIpc) is 3.70. The number of carboxylic acids is 2. The SMILES string of the molecule is C=C(CC)C(C(CC(=O)N1CCCC1C(OC)C(C)C(=O)NC(Cc1ccccc1)C(=O)[NH2+]C(CCC(=O)O)C(=O)O)OC)N(C)C(=O)C(NC(=O)C(C(C)C)N(C)C)C(C)C. The van der Waals surface area contributed by atoms with Crippen molar-refractivity contribution in [2.75, 3.05) is 41.9 Å². The van der Waals surface area contributed by atoms with Gasteiger partial charge in [-0.1, -0.05) is 84.0 Å². The van der Waals surface area contributed by atoms with Gasteiger partial charge >= 0.3 is 17.8 Å². The van der Waals surface area contributed by atoms with Gasteiger partial charge in [-0.2, -0.15) is 0 Å². The van der Waals surface area contributed by atoms with Crippen molar-refractivity contribution >= 4 is 41.5 Å². The van der Waals surface area contributed by atoms with Gasteiger partial charge in [0.1, 0.15) is 12.1 Å². The van der Waals surface area contributed by atoms with Gasteiger partial charge in [0.15, 0.2) is 6.04 Å². The Kier molecular flexibility index (Phi) is 21.9.